The van der Waals surface area contributed by atoms with Crippen LogP contribution in [0, 0.1) is 0 Å². The van der Waals surface area contributed by atoms with Crippen LogP contribution in [0.3, 0.4) is 0 Å². The first-order chi connectivity index (χ1) is 9.06. The van der Waals surface area contributed by atoms with Crippen molar-refractivity contribution in [2.24, 2.45) is 0 Å². The molecule has 2 aliphatic rings. The monoisotopic (exact) mass is 338 g/mol. The molecule has 19 heavy (non-hydrogen) atoms. The average Bonchev–Trinajstić information content (AvgIpc) is 2.40. The van der Waals surface area contributed by atoms with E-state index in [1.165, 1.54) is 70.5 Å². The second-order valence-electron chi connectivity index (χ2n) is 6.61. The third-order valence-corrected chi connectivity index (χ3v) is 7.83. The molecule has 0 nitrogen and oxygen atoms in total. The molecule has 0 bridgehead atoms. The summed E-state index contributed by atoms with van der Waals surface area (Å²) in [7, 11) is 0. The molecule has 0 aliphatic heterocycles. The van der Waals surface area contributed by atoms with Gasteiger partial charge in [-0.3, -0.25) is 0 Å². The zero-order chi connectivity index (χ0) is 13.7. The van der Waals surface area contributed by atoms with E-state index in [4.69, 9.17) is 33.2 Å². The lowest BCUT2D eigenvalue weighted by atomic mass is 9.29. The molecule has 0 unspecified atom stereocenters. The molecule has 0 aromatic heterocycles. The SMILES string of the molecule is Cl[Si](Cl)(Cl)CCB(C1CCCCC1)C1CCCCC1. The van der Waals surface area contributed by atoms with Crippen LogP contribution in [0.1, 0.15) is 64.2 Å². The predicted octanol–water partition coefficient (Wildman–Crippen LogP) is 6.81. The van der Waals surface area contributed by atoms with E-state index < -0.39 is 6.00 Å². The van der Waals surface area contributed by atoms with Gasteiger partial charge in [0.05, 0.1) is 0 Å². The summed E-state index contributed by atoms with van der Waals surface area (Å²) < 4.78 is 0. The Balaban J connectivity index is 1.94. The standard InChI is InChI=1S/C14H26BCl3Si/c16-19(17,18)12-11-15(13-7-3-1-4-8-13)14-9-5-2-6-10-14/h13-14H,1-12H2. The topological polar surface area (TPSA) is 0 Å². The first-order valence-corrected chi connectivity index (χ1v) is 13.4. The van der Waals surface area contributed by atoms with Crippen LogP contribution in [-0.2, 0) is 0 Å². The fraction of sp³-hybridized carbons (Fsp3) is 1.00. The lowest BCUT2D eigenvalue weighted by Gasteiger charge is -2.36. The van der Waals surface area contributed by atoms with Crippen molar-refractivity contribution >= 4 is 46.0 Å². The Kier molecular flexibility index (Phi) is 6.92. The fourth-order valence-electron chi connectivity index (χ4n) is 4.31. The Morgan fingerprint density at radius 3 is 1.53 bits per heavy atom. The van der Waals surface area contributed by atoms with Crippen molar-refractivity contribution in [2.45, 2.75) is 88.2 Å². The van der Waals surface area contributed by atoms with Gasteiger partial charge in [0, 0.05) is 0 Å². The van der Waals surface area contributed by atoms with Crippen LogP contribution in [-0.4, -0.2) is 12.7 Å². The van der Waals surface area contributed by atoms with E-state index in [0.29, 0.717) is 0 Å². The summed E-state index contributed by atoms with van der Waals surface area (Å²) in [4.78, 5) is 0. The third kappa shape index (κ3) is 5.81. The second kappa shape index (κ2) is 7.96. The quantitative estimate of drug-likeness (QED) is 0.381. The summed E-state index contributed by atoms with van der Waals surface area (Å²) in [5.41, 5.74) is 0. The molecule has 0 amide bonds. The predicted molar refractivity (Wildman–Crippen MR) is 92.4 cm³/mol. The van der Waals surface area contributed by atoms with Gasteiger partial charge in [0.25, 0.3) is 0 Å². The van der Waals surface area contributed by atoms with E-state index in [2.05, 4.69) is 0 Å². The zero-order valence-corrected chi connectivity index (χ0v) is 15.1. The first-order valence-electron chi connectivity index (χ1n) is 8.13. The largest absolute Gasteiger partial charge is 0.340 e. The van der Waals surface area contributed by atoms with Crippen LogP contribution in [0.4, 0.5) is 0 Å². The van der Waals surface area contributed by atoms with Crippen molar-refractivity contribution in [3.8, 4) is 0 Å². The molecule has 0 saturated heterocycles. The Hall–Kier alpha value is 1.15. The van der Waals surface area contributed by atoms with Gasteiger partial charge in [0.2, 0.25) is 0 Å². The molecule has 0 heterocycles. The van der Waals surface area contributed by atoms with Crippen molar-refractivity contribution in [1.82, 2.24) is 0 Å². The minimum absolute atomic E-state index is 0.851. The molecule has 0 radical (unpaired) electrons. The zero-order valence-electron chi connectivity index (χ0n) is 11.9. The van der Waals surface area contributed by atoms with E-state index in [9.17, 15) is 0 Å². The minimum atomic E-state index is -2.43. The van der Waals surface area contributed by atoms with Gasteiger partial charge in [0.1, 0.15) is 6.71 Å². The highest BCUT2D eigenvalue weighted by Crippen LogP contribution is 2.44. The number of hydrogen-bond acceptors (Lipinski definition) is 0. The minimum Gasteiger partial charge on any atom is -0.126 e. The van der Waals surface area contributed by atoms with Crippen LogP contribution in [0.25, 0.3) is 0 Å². The van der Waals surface area contributed by atoms with Gasteiger partial charge in [0.15, 0.2) is 0 Å². The summed E-state index contributed by atoms with van der Waals surface area (Å²) in [5.74, 6) is 1.86. The molecular formula is C14H26BCl3Si. The summed E-state index contributed by atoms with van der Waals surface area (Å²) in [6.07, 6.45) is 15.5. The highest BCUT2D eigenvalue weighted by Gasteiger charge is 2.36. The van der Waals surface area contributed by atoms with Gasteiger partial charge in [-0.05, 0) is 6.04 Å². The highest BCUT2D eigenvalue weighted by molar-refractivity contribution is 7.64. The van der Waals surface area contributed by atoms with E-state index in [1.807, 2.05) is 0 Å². The van der Waals surface area contributed by atoms with Gasteiger partial charge >= 0.3 is 6.00 Å². The molecule has 0 atom stereocenters. The van der Waals surface area contributed by atoms with Crippen molar-refractivity contribution < 1.29 is 0 Å². The van der Waals surface area contributed by atoms with Crippen LogP contribution in [0.5, 0.6) is 0 Å². The van der Waals surface area contributed by atoms with E-state index in [1.54, 1.807) is 0 Å². The van der Waals surface area contributed by atoms with Crippen molar-refractivity contribution in [1.29, 1.82) is 0 Å². The number of halogens is 3. The van der Waals surface area contributed by atoms with Crippen LogP contribution in [0.2, 0.25) is 24.0 Å². The van der Waals surface area contributed by atoms with Gasteiger partial charge in [-0.15, -0.1) is 33.2 Å². The molecule has 110 valence electrons. The first kappa shape index (κ1) is 16.5. The summed E-state index contributed by atoms with van der Waals surface area (Å²) in [6, 6.07) is -1.56. The van der Waals surface area contributed by atoms with Crippen LogP contribution in [0.15, 0.2) is 0 Å². The maximum atomic E-state index is 6.12. The Bertz CT molecular complexity index is 240. The molecule has 2 rings (SSSR count). The normalized spacial score (nSPS) is 23.5. The van der Waals surface area contributed by atoms with Crippen LogP contribution >= 0.6 is 33.2 Å². The van der Waals surface area contributed by atoms with E-state index >= 15 is 0 Å². The molecular weight excluding hydrogens is 313 g/mol. The Morgan fingerprint density at radius 2 is 1.16 bits per heavy atom. The molecule has 0 aromatic rings. The van der Waals surface area contributed by atoms with Crippen molar-refractivity contribution in [3.05, 3.63) is 0 Å². The highest BCUT2D eigenvalue weighted by atomic mass is 35.8. The van der Waals surface area contributed by atoms with Gasteiger partial charge in [-0.2, -0.15) is 0 Å². The number of rotatable bonds is 5. The van der Waals surface area contributed by atoms with E-state index in [-0.39, 0.29) is 0 Å². The molecule has 2 aliphatic carbocycles. The average molecular weight is 340 g/mol. The smallest absolute Gasteiger partial charge is 0.126 e. The lowest BCUT2D eigenvalue weighted by molar-refractivity contribution is 0.460. The summed E-state index contributed by atoms with van der Waals surface area (Å²) >= 11 is 18.4. The fourth-order valence-corrected chi connectivity index (χ4v) is 5.95. The van der Waals surface area contributed by atoms with Gasteiger partial charge in [-0.1, -0.05) is 82.2 Å². The molecule has 0 spiro atoms. The summed E-state index contributed by atoms with van der Waals surface area (Å²) in [6.45, 7) is 0.851. The van der Waals surface area contributed by atoms with E-state index in [0.717, 1.165) is 24.4 Å². The molecule has 0 N–H and O–H groups in total. The van der Waals surface area contributed by atoms with Gasteiger partial charge < -0.3 is 0 Å². The van der Waals surface area contributed by atoms with Crippen LogP contribution < -0.4 is 0 Å². The molecule has 2 fully saturated rings. The molecule has 5 heteroatoms. The lowest BCUT2D eigenvalue weighted by Crippen LogP contribution is -2.31. The molecule has 2 saturated carbocycles. The Labute approximate surface area is 134 Å². The second-order valence-corrected chi connectivity index (χ2v) is 15.9. The third-order valence-electron chi connectivity index (χ3n) is 5.27. The summed E-state index contributed by atoms with van der Waals surface area (Å²) in [5, 5.41) is 0. The maximum Gasteiger partial charge on any atom is 0.340 e. The number of hydrogen-bond donors (Lipinski definition) is 0. The Morgan fingerprint density at radius 1 is 0.737 bits per heavy atom. The van der Waals surface area contributed by atoms with Crippen molar-refractivity contribution in [2.75, 3.05) is 0 Å². The maximum absolute atomic E-state index is 6.12. The van der Waals surface area contributed by atoms with Crippen molar-refractivity contribution in [3.63, 3.8) is 0 Å². The van der Waals surface area contributed by atoms with Gasteiger partial charge in [-0.25, -0.2) is 0 Å². The molecule has 0 aromatic carbocycles.